The van der Waals surface area contributed by atoms with E-state index in [0.717, 1.165) is 38.2 Å². The number of ether oxygens (including phenoxy) is 1. The molecule has 1 aromatic rings. The van der Waals surface area contributed by atoms with Crippen molar-refractivity contribution in [2.45, 2.75) is 26.8 Å². The van der Waals surface area contributed by atoms with Gasteiger partial charge in [-0.2, -0.15) is 0 Å². The molecule has 0 saturated carbocycles. The number of nitro groups is 1. The standard InChI is InChI=1S/C15H25N3O3/c1-4-8-16-14-11-13(6-7-15(14)18(19)20)12-17(3)9-10-21-5-2/h6-7,11,16H,4-5,8-10,12H2,1-3H3. The molecule has 1 rings (SSSR count). The topological polar surface area (TPSA) is 67.6 Å². The van der Waals surface area contributed by atoms with Gasteiger partial charge in [0.15, 0.2) is 0 Å². The van der Waals surface area contributed by atoms with Gasteiger partial charge in [0.25, 0.3) is 5.69 Å². The lowest BCUT2D eigenvalue weighted by atomic mass is 10.1. The Morgan fingerprint density at radius 3 is 2.76 bits per heavy atom. The maximum Gasteiger partial charge on any atom is 0.292 e. The Kier molecular flexibility index (Phi) is 7.71. The Morgan fingerprint density at radius 2 is 2.14 bits per heavy atom. The SMILES string of the molecule is CCCNc1cc(CN(C)CCOCC)ccc1[N+](=O)[O-]. The average Bonchev–Trinajstić information content (AvgIpc) is 2.45. The molecule has 0 aliphatic carbocycles. The van der Waals surface area contributed by atoms with Crippen LogP contribution in [0.1, 0.15) is 25.8 Å². The summed E-state index contributed by atoms with van der Waals surface area (Å²) in [5.74, 6) is 0. The van der Waals surface area contributed by atoms with Crippen molar-refractivity contribution in [1.82, 2.24) is 4.90 Å². The van der Waals surface area contributed by atoms with Gasteiger partial charge in [0.2, 0.25) is 0 Å². The summed E-state index contributed by atoms with van der Waals surface area (Å²) in [5, 5.41) is 14.2. The number of likely N-dealkylation sites (N-methyl/N-ethyl adjacent to an activating group) is 1. The zero-order valence-corrected chi connectivity index (χ0v) is 13.1. The predicted octanol–water partition coefficient (Wildman–Crippen LogP) is 2.89. The first-order chi connectivity index (χ1) is 10.1. The molecule has 1 N–H and O–H groups in total. The highest BCUT2D eigenvalue weighted by Crippen LogP contribution is 2.25. The molecule has 118 valence electrons. The van der Waals surface area contributed by atoms with E-state index < -0.39 is 0 Å². The Bertz CT molecular complexity index is 452. The van der Waals surface area contributed by atoms with Crippen molar-refractivity contribution < 1.29 is 9.66 Å². The summed E-state index contributed by atoms with van der Waals surface area (Å²) in [6, 6.07) is 5.25. The minimum absolute atomic E-state index is 0.129. The maximum atomic E-state index is 11.0. The van der Waals surface area contributed by atoms with Gasteiger partial charge in [0, 0.05) is 32.3 Å². The quantitative estimate of drug-likeness (QED) is 0.408. The fourth-order valence-electron chi connectivity index (χ4n) is 2.00. The van der Waals surface area contributed by atoms with Crippen LogP contribution < -0.4 is 5.32 Å². The van der Waals surface area contributed by atoms with E-state index in [1.807, 2.05) is 33.0 Å². The number of nitrogens with zero attached hydrogens (tertiary/aromatic N) is 2. The Morgan fingerprint density at radius 1 is 1.38 bits per heavy atom. The van der Waals surface area contributed by atoms with Gasteiger partial charge in [0.1, 0.15) is 5.69 Å². The van der Waals surface area contributed by atoms with E-state index in [1.54, 1.807) is 6.07 Å². The third-order valence-corrected chi connectivity index (χ3v) is 3.10. The molecular weight excluding hydrogens is 270 g/mol. The van der Waals surface area contributed by atoms with Gasteiger partial charge < -0.3 is 10.1 Å². The van der Waals surface area contributed by atoms with Crippen LogP contribution in [0.2, 0.25) is 0 Å². The van der Waals surface area contributed by atoms with Crippen molar-refractivity contribution >= 4 is 11.4 Å². The molecule has 0 atom stereocenters. The van der Waals surface area contributed by atoms with Crippen LogP contribution in [0.4, 0.5) is 11.4 Å². The molecule has 0 bridgehead atoms. The van der Waals surface area contributed by atoms with Crippen LogP contribution in [-0.2, 0) is 11.3 Å². The first-order valence-corrected chi connectivity index (χ1v) is 7.36. The summed E-state index contributed by atoms with van der Waals surface area (Å²) in [4.78, 5) is 12.8. The lowest BCUT2D eigenvalue weighted by Crippen LogP contribution is -2.22. The van der Waals surface area contributed by atoms with Gasteiger partial charge in [-0.05, 0) is 32.0 Å². The first-order valence-electron chi connectivity index (χ1n) is 7.36. The van der Waals surface area contributed by atoms with Crippen LogP contribution in [-0.4, -0.2) is 43.2 Å². The largest absolute Gasteiger partial charge is 0.380 e. The number of rotatable bonds is 10. The van der Waals surface area contributed by atoms with E-state index in [4.69, 9.17) is 4.74 Å². The maximum absolute atomic E-state index is 11.0. The average molecular weight is 295 g/mol. The number of hydrogen-bond donors (Lipinski definition) is 1. The van der Waals surface area contributed by atoms with E-state index in [1.165, 1.54) is 0 Å². The lowest BCUT2D eigenvalue weighted by molar-refractivity contribution is -0.384. The van der Waals surface area contributed by atoms with Crippen molar-refractivity contribution in [3.63, 3.8) is 0 Å². The van der Waals surface area contributed by atoms with E-state index in [-0.39, 0.29) is 10.6 Å². The molecule has 0 aromatic heterocycles. The Balaban J connectivity index is 2.72. The van der Waals surface area contributed by atoms with Crippen LogP contribution in [0.15, 0.2) is 18.2 Å². The smallest absolute Gasteiger partial charge is 0.292 e. The second-order valence-corrected chi connectivity index (χ2v) is 4.97. The van der Waals surface area contributed by atoms with Crippen molar-refractivity contribution in [3.05, 3.63) is 33.9 Å². The minimum atomic E-state index is -0.347. The van der Waals surface area contributed by atoms with Crippen molar-refractivity contribution in [2.24, 2.45) is 0 Å². The highest BCUT2D eigenvalue weighted by molar-refractivity contribution is 5.62. The molecule has 0 spiro atoms. The normalized spacial score (nSPS) is 10.9. The predicted molar refractivity (Wildman–Crippen MR) is 84.7 cm³/mol. The second kappa shape index (κ2) is 9.31. The van der Waals surface area contributed by atoms with E-state index in [9.17, 15) is 10.1 Å². The number of nitro benzene ring substituents is 1. The molecule has 0 heterocycles. The molecule has 0 saturated heterocycles. The van der Waals surface area contributed by atoms with Gasteiger partial charge in [-0.3, -0.25) is 15.0 Å². The van der Waals surface area contributed by atoms with Crippen LogP contribution >= 0.6 is 0 Å². The molecular formula is C15H25N3O3. The van der Waals surface area contributed by atoms with Crippen LogP contribution in [0.5, 0.6) is 0 Å². The van der Waals surface area contributed by atoms with Crippen molar-refractivity contribution in [2.75, 3.05) is 38.7 Å². The van der Waals surface area contributed by atoms with Gasteiger partial charge in [0.05, 0.1) is 11.5 Å². The van der Waals surface area contributed by atoms with Crippen LogP contribution in [0.3, 0.4) is 0 Å². The summed E-state index contributed by atoms with van der Waals surface area (Å²) < 4.78 is 5.33. The first kappa shape index (κ1) is 17.4. The van der Waals surface area contributed by atoms with E-state index in [2.05, 4.69) is 10.2 Å². The number of benzene rings is 1. The van der Waals surface area contributed by atoms with Crippen LogP contribution in [0, 0.1) is 10.1 Å². The van der Waals surface area contributed by atoms with E-state index >= 15 is 0 Å². The summed E-state index contributed by atoms with van der Waals surface area (Å²) in [6.45, 7) is 7.72. The zero-order chi connectivity index (χ0) is 15.7. The number of anilines is 1. The highest BCUT2D eigenvalue weighted by atomic mass is 16.6. The summed E-state index contributed by atoms with van der Waals surface area (Å²) >= 11 is 0. The number of hydrogen-bond acceptors (Lipinski definition) is 5. The lowest BCUT2D eigenvalue weighted by Gasteiger charge is -2.17. The molecule has 6 nitrogen and oxygen atoms in total. The molecule has 1 aromatic carbocycles. The summed E-state index contributed by atoms with van der Waals surface area (Å²) in [7, 11) is 2.01. The fourth-order valence-corrected chi connectivity index (χ4v) is 2.00. The summed E-state index contributed by atoms with van der Waals surface area (Å²) in [5.41, 5.74) is 1.78. The second-order valence-electron chi connectivity index (χ2n) is 4.97. The molecule has 0 unspecified atom stereocenters. The van der Waals surface area contributed by atoms with Gasteiger partial charge in [-0.15, -0.1) is 0 Å². The molecule has 0 amide bonds. The van der Waals surface area contributed by atoms with Crippen molar-refractivity contribution in [3.8, 4) is 0 Å². The van der Waals surface area contributed by atoms with Crippen LogP contribution in [0.25, 0.3) is 0 Å². The third-order valence-electron chi connectivity index (χ3n) is 3.10. The Hall–Kier alpha value is -1.66. The van der Waals surface area contributed by atoms with Gasteiger partial charge in [-0.1, -0.05) is 13.0 Å². The highest BCUT2D eigenvalue weighted by Gasteiger charge is 2.14. The molecule has 0 radical (unpaired) electrons. The van der Waals surface area contributed by atoms with Gasteiger partial charge in [-0.25, -0.2) is 0 Å². The van der Waals surface area contributed by atoms with Gasteiger partial charge >= 0.3 is 0 Å². The molecule has 6 heteroatoms. The molecule has 0 aliphatic heterocycles. The van der Waals surface area contributed by atoms with Crippen molar-refractivity contribution in [1.29, 1.82) is 0 Å². The monoisotopic (exact) mass is 295 g/mol. The number of nitrogens with one attached hydrogen (secondary N) is 1. The third kappa shape index (κ3) is 6.10. The fraction of sp³-hybridized carbons (Fsp3) is 0.600. The van der Waals surface area contributed by atoms with E-state index in [0.29, 0.717) is 12.3 Å². The molecule has 21 heavy (non-hydrogen) atoms. The molecule has 0 fully saturated rings. The summed E-state index contributed by atoms with van der Waals surface area (Å²) in [6.07, 6.45) is 0.926. The Labute approximate surface area is 126 Å². The minimum Gasteiger partial charge on any atom is -0.380 e. The zero-order valence-electron chi connectivity index (χ0n) is 13.1. The molecule has 0 aliphatic rings.